The maximum atomic E-state index is 13.0. The van der Waals surface area contributed by atoms with Crippen LogP contribution in [0.2, 0.25) is 0 Å². The minimum Gasteiger partial charge on any atom is -0.397 e. The zero-order chi connectivity index (χ0) is 17.8. The van der Waals surface area contributed by atoms with E-state index in [1.807, 2.05) is 6.92 Å². The summed E-state index contributed by atoms with van der Waals surface area (Å²) in [5, 5.41) is 7.65. The molecule has 1 N–H and O–H groups in total. The molecule has 3 aromatic rings. The van der Waals surface area contributed by atoms with Gasteiger partial charge in [0.25, 0.3) is 0 Å². The molecule has 3 heterocycles. The van der Waals surface area contributed by atoms with Crippen molar-refractivity contribution in [2.24, 2.45) is 0 Å². The van der Waals surface area contributed by atoms with Crippen LogP contribution in [0.25, 0.3) is 11.4 Å². The van der Waals surface area contributed by atoms with Gasteiger partial charge >= 0.3 is 6.09 Å². The number of carbonyl (C=O) groups excluding carboxylic acids is 1. The lowest BCUT2D eigenvalue weighted by molar-refractivity contribution is 0.204. The maximum Gasteiger partial charge on any atom is 0.413 e. The zero-order valence-corrected chi connectivity index (χ0v) is 14.4. The van der Waals surface area contributed by atoms with E-state index in [2.05, 4.69) is 20.4 Å². The number of hydrogen-bond acceptors (Lipinski definition) is 7. The molecule has 0 saturated heterocycles. The summed E-state index contributed by atoms with van der Waals surface area (Å²) < 4.78 is 23.3. The number of hydrogen-bond donors (Lipinski definition) is 1. The topological polar surface area (TPSA) is 90.1 Å². The van der Waals surface area contributed by atoms with Crippen molar-refractivity contribution < 1.29 is 18.4 Å². The standard InChI is InChI=1S/C16H15FN4O3S/c1-9-11(15(21-24-9)12-5-3-10(17)7-19-12)4-6-13-20-8-14(25-13)23-16(22)18-2/h3,5,7-8H,4,6H2,1-2H3,(H,18,22). The van der Waals surface area contributed by atoms with Crippen LogP contribution >= 0.6 is 11.3 Å². The third kappa shape index (κ3) is 4.00. The SMILES string of the molecule is CNC(=O)Oc1cnc(CCc2c(-c3ccc(F)cn3)noc2C)s1. The van der Waals surface area contributed by atoms with Gasteiger partial charge in [0, 0.05) is 19.0 Å². The predicted octanol–water partition coefficient (Wildman–Crippen LogP) is 3.14. The molecule has 25 heavy (non-hydrogen) atoms. The average molecular weight is 362 g/mol. The first-order valence-electron chi connectivity index (χ1n) is 7.48. The molecule has 3 aromatic heterocycles. The van der Waals surface area contributed by atoms with Crippen LogP contribution in [0.1, 0.15) is 16.3 Å². The Morgan fingerprint density at radius 1 is 1.32 bits per heavy atom. The van der Waals surface area contributed by atoms with Crippen molar-refractivity contribution in [3.05, 3.63) is 46.7 Å². The first-order valence-corrected chi connectivity index (χ1v) is 8.30. The molecule has 0 aromatic carbocycles. The fourth-order valence-electron chi connectivity index (χ4n) is 2.23. The Labute approximate surface area is 146 Å². The van der Waals surface area contributed by atoms with Gasteiger partial charge < -0.3 is 14.6 Å². The number of aryl methyl sites for hydroxylation is 2. The fraction of sp³-hybridized carbons (Fsp3) is 0.250. The summed E-state index contributed by atoms with van der Waals surface area (Å²) in [6.07, 6.45) is 3.37. The number of pyridine rings is 1. The molecule has 0 bridgehead atoms. The number of aromatic nitrogens is 3. The second-order valence-electron chi connectivity index (χ2n) is 5.14. The van der Waals surface area contributed by atoms with Crippen LogP contribution in [0, 0.1) is 12.7 Å². The lowest BCUT2D eigenvalue weighted by Crippen LogP contribution is -2.21. The molecule has 0 fully saturated rings. The van der Waals surface area contributed by atoms with Crippen molar-refractivity contribution >= 4 is 17.4 Å². The quantitative estimate of drug-likeness (QED) is 0.750. The van der Waals surface area contributed by atoms with Gasteiger partial charge in [-0.3, -0.25) is 4.98 Å². The summed E-state index contributed by atoms with van der Waals surface area (Å²) in [6, 6.07) is 2.90. The Bertz CT molecular complexity index is 876. The van der Waals surface area contributed by atoms with E-state index in [0.717, 1.165) is 16.8 Å². The number of amides is 1. The van der Waals surface area contributed by atoms with Crippen LogP contribution in [-0.4, -0.2) is 28.3 Å². The lowest BCUT2D eigenvalue weighted by Gasteiger charge is -2.01. The van der Waals surface area contributed by atoms with E-state index in [1.165, 1.54) is 30.6 Å². The number of thiazole rings is 1. The summed E-state index contributed by atoms with van der Waals surface area (Å²) in [7, 11) is 1.49. The van der Waals surface area contributed by atoms with Gasteiger partial charge in [-0.15, -0.1) is 0 Å². The Hall–Kier alpha value is -2.81. The average Bonchev–Trinajstić information content (AvgIpc) is 3.20. The molecule has 0 radical (unpaired) electrons. The molecular weight excluding hydrogens is 347 g/mol. The highest BCUT2D eigenvalue weighted by atomic mass is 32.1. The van der Waals surface area contributed by atoms with Crippen LogP contribution in [-0.2, 0) is 12.8 Å². The smallest absolute Gasteiger partial charge is 0.397 e. The van der Waals surface area contributed by atoms with Gasteiger partial charge in [0.15, 0.2) is 0 Å². The number of carbonyl (C=O) groups is 1. The summed E-state index contributed by atoms with van der Waals surface area (Å²) in [5.74, 6) is 0.275. The zero-order valence-electron chi connectivity index (χ0n) is 13.6. The maximum absolute atomic E-state index is 13.0. The van der Waals surface area contributed by atoms with E-state index >= 15 is 0 Å². The van der Waals surface area contributed by atoms with Crippen molar-refractivity contribution in [3.8, 4) is 16.5 Å². The van der Waals surface area contributed by atoms with E-state index in [4.69, 9.17) is 9.26 Å². The first kappa shape index (κ1) is 17.0. The molecule has 0 atom stereocenters. The Kier molecular flexibility index (Phi) is 5.03. The molecule has 0 aliphatic rings. The molecule has 130 valence electrons. The molecule has 7 nitrogen and oxygen atoms in total. The van der Waals surface area contributed by atoms with E-state index in [9.17, 15) is 9.18 Å². The number of nitrogens with zero attached hydrogens (tertiary/aromatic N) is 3. The number of ether oxygens (including phenoxy) is 1. The third-order valence-corrected chi connectivity index (χ3v) is 4.41. The van der Waals surface area contributed by atoms with Crippen molar-refractivity contribution in [2.75, 3.05) is 7.05 Å². The normalized spacial score (nSPS) is 10.7. The highest BCUT2D eigenvalue weighted by Gasteiger charge is 2.17. The highest BCUT2D eigenvalue weighted by Crippen LogP contribution is 2.27. The molecule has 0 saturated carbocycles. The van der Waals surface area contributed by atoms with Gasteiger partial charge in [-0.25, -0.2) is 14.2 Å². The monoisotopic (exact) mass is 362 g/mol. The van der Waals surface area contributed by atoms with Gasteiger partial charge in [-0.1, -0.05) is 16.5 Å². The lowest BCUT2D eigenvalue weighted by atomic mass is 10.1. The van der Waals surface area contributed by atoms with Crippen LogP contribution in [0.4, 0.5) is 9.18 Å². The van der Waals surface area contributed by atoms with Crippen LogP contribution in [0.15, 0.2) is 29.0 Å². The van der Waals surface area contributed by atoms with E-state index < -0.39 is 11.9 Å². The van der Waals surface area contributed by atoms with Crippen molar-refractivity contribution in [2.45, 2.75) is 19.8 Å². The summed E-state index contributed by atoms with van der Waals surface area (Å²) in [5.41, 5.74) is 2.04. The molecule has 0 spiro atoms. The van der Waals surface area contributed by atoms with E-state index in [-0.39, 0.29) is 0 Å². The second kappa shape index (κ2) is 7.39. The largest absolute Gasteiger partial charge is 0.413 e. The minimum atomic E-state index is -0.533. The molecule has 0 unspecified atom stereocenters. The molecule has 0 aliphatic heterocycles. The Morgan fingerprint density at radius 2 is 2.16 bits per heavy atom. The van der Waals surface area contributed by atoms with Crippen molar-refractivity contribution in [1.82, 2.24) is 20.4 Å². The molecule has 0 aliphatic carbocycles. The van der Waals surface area contributed by atoms with Gasteiger partial charge in [0.1, 0.15) is 17.3 Å². The highest BCUT2D eigenvalue weighted by molar-refractivity contribution is 7.13. The second-order valence-corrected chi connectivity index (χ2v) is 6.22. The number of halogens is 1. The fourth-order valence-corrected chi connectivity index (χ4v) is 3.00. The van der Waals surface area contributed by atoms with Crippen LogP contribution < -0.4 is 10.1 Å². The Balaban J connectivity index is 1.72. The molecule has 3 rings (SSSR count). The van der Waals surface area contributed by atoms with Crippen LogP contribution in [0.5, 0.6) is 5.06 Å². The van der Waals surface area contributed by atoms with Gasteiger partial charge in [0.05, 0.1) is 23.1 Å². The van der Waals surface area contributed by atoms with Crippen LogP contribution in [0.3, 0.4) is 0 Å². The van der Waals surface area contributed by atoms with Gasteiger partial charge in [0.2, 0.25) is 5.06 Å². The first-order chi connectivity index (χ1) is 12.1. The minimum absolute atomic E-state index is 0.406. The van der Waals surface area contributed by atoms with Crippen molar-refractivity contribution in [1.29, 1.82) is 0 Å². The summed E-state index contributed by atoms with van der Waals surface area (Å²) >= 11 is 1.30. The Morgan fingerprint density at radius 3 is 2.88 bits per heavy atom. The summed E-state index contributed by atoms with van der Waals surface area (Å²) in [6.45, 7) is 1.82. The molecule has 9 heteroatoms. The van der Waals surface area contributed by atoms with Gasteiger partial charge in [-0.05, 0) is 25.5 Å². The van der Waals surface area contributed by atoms with E-state index in [1.54, 1.807) is 6.07 Å². The molecular formula is C16H15FN4O3S. The van der Waals surface area contributed by atoms with E-state index in [0.29, 0.717) is 35.1 Å². The number of rotatable bonds is 5. The van der Waals surface area contributed by atoms with Gasteiger partial charge in [-0.2, -0.15) is 0 Å². The third-order valence-electron chi connectivity index (χ3n) is 3.47. The molecule has 1 amide bonds. The number of nitrogens with one attached hydrogen (secondary N) is 1. The van der Waals surface area contributed by atoms with Crippen molar-refractivity contribution in [3.63, 3.8) is 0 Å². The summed E-state index contributed by atoms with van der Waals surface area (Å²) in [4.78, 5) is 19.5. The predicted molar refractivity (Wildman–Crippen MR) is 89.0 cm³/mol.